The highest BCUT2D eigenvalue weighted by molar-refractivity contribution is 5.71. The molecule has 0 amide bonds. The topological polar surface area (TPSA) is 58.9 Å². The molecule has 2 aromatic carbocycles. The summed E-state index contributed by atoms with van der Waals surface area (Å²) in [6.07, 6.45) is 3.19. The van der Waals surface area contributed by atoms with E-state index in [0.29, 0.717) is 11.5 Å². The Balaban J connectivity index is 2.37. The lowest BCUT2D eigenvalue weighted by Gasteiger charge is -2.15. The summed E-state index contributed by atoms with van der Waals surface area (Å²) in [4.78, 5) is 0. The first-order valence-corrected chi connectivity index (χ1v) is 8.97. The van der Waals surface area contributed by atoms with E-state index in [9.17, 15) is 0 Å². The van der Waals surface area contributed by atoms with Crippen molar-refractivity contribution in [2.24, 2.45) is 0 Å². The maximum Gasteiger partial charge on any atom is 0.161 e. The van der Waals surface area contributed by atoms with Crippen LogP contribution in [0.1, 0.15) is 31.4 Å². The minimum Gasteiger partial charge on any atom is -0.487 e. The van der Waals surface area contributed by atoms with Gasteiger partial charge in [0.15, 0.2) is 11.5 Å². The fourth-order valence-electron chi connectivity index (χ4n) is 2.88. The van der Waals surface area contributed by atoms with E-state index in [1.54, 1.807) is 0 Å². The second-order valence-electron chi connectivity index (χ2n) is 5.90. The van der Waals surface area contributed by atoms with Crippen LogP contribution < -0.4 is 9.47 Å². The summed E-state index contributed by atoms with van der Waals surface area (Å²) in [6.45, 7) is 4.65. The van der Waals surface area contributed by atoms with Crippen molar-refractivity contribution in [1.29, 1.82) is 0 Å². The summed E-state index contributed by atoms with van der Waals surface area (Å²) >= 11 is 0. The predicted molar refractivity (Wildman–Crippen MR) is 100 cm³/mol. The number of rotatable bonds is 10. The molecule has 2 N–H and O–H groups in total. The zero-order chi connectivity index (χ0) is 18.1. The van der Waals surface area contributed by atoms with Crippen molar-refractivity contribution >= 4 is 0 Å². The molecule has 0 aromatic heterocycles. The molecule has 4 nitrogen and oxygen atoms in total. The highest BCUT2D eigenvalue weighted by Crippen LogP contribution is 2.34. The largest absolute Gasteiger partial charge is 0.487 e. The molecular weight excluding hydrogens is 316 g/mol. The quantitative estimate of drug-likeness (QED) is 0.691. The lowest BCUT2D eigenvalue weighted by molar-refractivity contribution is 0.178. The Bertz CT molecular complexity index is 667. The van der Waals surface area contributed by atoms with E-state index in [4.69, 9.17) is 19.7 Å². The molecule has 0 saturated carbocycles. The van der Waals surface area contributed by atoms with Crippen LogP contribution in [0.3, 0.4) is 0 Å². The molecule has 25 heavy (non-hydrogen) atoms. The first-order valence-electron chi connectivity index (χ1n) is 8.97. The first-order chi connectivity index (χ1) is 12.2. The molecule has 0 bridgehead atoms. The standard InChI is InChI=1S/C21H28O4/c1-3-5-16-6-8-19(17(4-2)14-16)18-7-9-20(24-12-10-22)21(15-18)25-13-11-23/h6-9,14-15,22-23H,3-5,10-13H2,1-2H3. The molecule has 0 aliphatic heterocycles. The monoisotopic (exact) mass is 344 g/mol. The minimum absolute atomic E-state index is 0.0555. The van der Waals surface area contributed by atoms with E-state index in [1.165, 1.54) is 16.7 Å². The fourth-order valence-corrected chi connectivity index (χ4v) is 2.88. The van der Waals surface area contributed by atoms with Gasteiger partial charge in [-0.1, -0.05) is 44.5 Å². The van der Waals surface area contributed by atoms with Gasteiger partial charge in [-0.25, -0.2) is 0 Å². The Morgan fingerprint density at radius 3 is 2.20 bits per heavy atom. The smallest absolute Gasteiger partial charge is 0.161 e. The SMILES string of the molecule is CCCc1ccc(-c2ccc(OCCO)c(OCCO)c2)c(CC)c1. The van der Waals surface area contributed by atoms with E-state index >= 15 is 0 Å². The van der Waals surface area contributed by atoms with Crippen LogP contribution in [0, 0.1) is 0 Å². The average molecular weight is 344 g/mol. The molecular formula is C21H28O4. The van der Waals surface area contributed by atoms with Crippen LogP contribution in [-0.2, 0) is 12.8 Å². The van der Waals surface area contributed by atoms with Crippen molar-refractivity contribution in [2.45, 2.75) is 33.1 Å². The normalized spacial score (nSPS) is 10.7. The zero-order valence-corrected chi connectivity index (χ0v) is 15.1. The van der Waals surface area contributed by atoms with Crippen LogP contribution in [0.15, 0.2) is 36.4 Å². The Morgan fingerprint density at radius 2 is 1.56 bits per heavy atom. The van der Waals surface area contributed by atoms with Crippen molar-refractivity contribution in [3.8, 4) is 22.6 Å². The Hall–Kier alpha value is -2.04. The van der Waals surface area contributed by atoms with E-state index < -0.39 is 0 Å². The summed E-state index contributed by atoms with van der Waals surface area (Å²) in [5.74, 6) is 1.16. The maximum atomic E-state index is 9.04. The van der Waals surface area contributed by atoms with Gasteiger partial charge in [-0.05, 0) is 47.2 Å². The molecule has 4 heteroatoms. The van der Waals surface area contributed by atoms with Gasteiger partial charge in [0, 0.05) is 0 Å². The summed E-state index contributed by atoms with van der Waals surface area (Å²) in [7, 11) is 0. The van der Waals surface area contributed by atoms with Crippen molar-refractivity contribution in [2.75, 3.05) is 26.4 Å². The molecule has 0 fully saturated rings. The van der Waals surface area contributed by atoms with Gasteiger partial charge in [-0.3, -0.25) is 0 Å². The molecule has 0 saturated heterocycles. The lowest BCUT2D eigenvalue weighted by Crippen LogP contribution is -2.06. The van der Waals surface area contributed by atoms with Gasteiger partial charge in [-0.2, -0.15) is 0 Å². The summed E-state index contributed by atoms with van der Waals surface area (Å²) in [5, 5.41) is 18.0. The third kappa shape index (κ3) is 5.21. The van der Waals surface area contributed by atoms with Crippen LogP contribution in [0.5, 0.6) is 11.5 Å². The van der Waals surface area contributed by atoms with Gasteiger partial charge in [0.05, 0.1) is 13.2 Å². The van der Waals surface area contributed by atoms with Crippen molar-refractivity contribution in [3.05, 3.63) is 47.5 Å². The number of benzene rings is 2. The third-order valence-corrected chi connectivity index (χ3v) is 4.04. The molecule has 0 unspecified atom stereocenters. The van der Waals surface area contributed by atoms with Crippen molar-refractivity contribution in [3.63, 3.8) is 0 Å². The second-order valence-corrected chi connectivity index (χ2v) is 5.90. The van der Waals surface area contributed by atoms with Crippen LogP contribution in [0.4, 0.5) is 0 Å². The van der Waals surface area contributed by atoms with Crippen LogP contribution in [-0.4, -0.2) is 36.6 Å². The van der Waals surface area contributed by atoms with Gasteiger partial charge >= 0.3 is 0 Å². The van der Waals surface area contributed by atoms with Gasteiger partial charge in [0.25, 0.3) is 0 Å². The number of aryl methyl sites for hydroxylation is 2. The Kier molecular flexibility index (Phi) is 7.76. The van der Waals surface area contributed by atoms with E-state index in [-0.39, 0.29) is 26.4 Å². The predicted octanol–water partition coefficient (Wildman–Crippen LogP) is 3.61. The highest BCUT2D eigenvalue weighted by atomic mass is 16.5. The van der Waals surface area contributed by atoms with Crippen LogP contribution in [0.2, 0.25) is 0 Å². The van der Waals surface area contributed by atoms with Crippen LogP contribution >= 0.6 is 0 Å². The molecule has 0 spiro atoms. The summed E-state index contributed by atoms with van der Waals surface area (Å²) < 4.78 is 11.1. The number of ether oxygens (including phenoxy) is 2. The number of aliphatic hydroxyl groups excluding tert-OH is 2. The lowest BCUT2D eigenvalue weighted by atomic mass is 9.94. The van der Waals surface area contributed by atoms with Crippen LogP contribution in [0.25, 0.3) is 11.1 Å². The highest BCUT2D eigenvalue weighted by Gasteiger charge is 2.11. The number of aliphatic hydroxyl groups is 2. The molecule has 2 aromatic rings. The van der Waals surface area contributed by atoms with Crippen molar-refractivity contribution < 1.29 is 19.7 Å². The van der Waals surface area contributed by atoms with E-state index in [1.807, 2.05) is 18.2 Å². The number of hydrogen-bond acceptors (Lipinski definition) is 4. The van der Waals surface area contributed by atoms with Crippen molar-refractivity contribution in [1.82, 2.24) is 0 Å². The molecule has 0 radical (unpaired) electrons. The van der Waals surface area contributed by atoms with Gasteiger partial charge < -0.3 is 19.7 Å². The van der Waals surface area contributed by atoms with Gasteiger partial charge in [0.2, 0.25) is 0 Å². The summed E-state index contributed by atoms with van der Waals surface area (Å²) in [6, 6.07) is 12.4. The number of hydrogen-bond donors (Lipinski definition) is 2. The molecule has 0 heterocycles. The maximum absolute atomic E-state index is 9.04. The van der Waals surface area contributed by atoms with E-state index in [2.05, 4.69) is 32.0 Å². The molecule has 0 atom stereocenters. The second kappa shape index (κ2) is 10.1. The third-order valence-electron chi connectivity index (χ3n) is 4.04. The molecule has 0 aliphatic rings. The zero-order valence-electron chi connectivity index (χ0n) is 15.1. The first kappa shape index (κ1) is 19.3. The van der Waals surface area contributed by atoms with Gasteiger partial charge in [-0.15, -0.1) is 0 Å². The molecule has 136 valence electrons. The minimum atomic E-state index is -0.0599. The Labute approximate surface area is 150 Å². The molecule has 2 rings (SSSR count). The fraction of sp³-hybridized carbons (Fsp3) is 0.429. The molecule has 0 aliphatic carbocycles. The van der Waals surface area contributed by atoms with E-state index in [0.717, 1.165) is 24.8 Å². The Morgan fingerprint density at radius 1 is 0.840 bits per heavy atom. The van der Waals surface area contributed by atoms with Gasteiger partial charge in [0.1, 0.15) is 13.2 Å². The average Bonchev–Trinajstić information content (AvgIpc) is 2.65. The summed E-state index contributed by atoms with van der Waals surface area (Å²) in [5.41, 5.74) is 4.92.